The molecule has 0 saturated heterocycles. The average molecular weight is 296 g/mol. The predicted octanol–water partition coefficient (Wildman–Crippen LogP) is 3.14. The molecule has 1 amide bonds. The zero-order valence-corrected chi connectivity index (χ0v) is 13.2. The minimum atomic E-state index is -0.226. The highest BCUT2D eigenvalue weighted by Gasteiger charge is 2.21. The molecule has 4 heteroatoms. The number of aryl methyl sites for hydroxylation is 2. The molecule has 0 aromatic heterocycles. The Bertz CT molecular complexity index is 486. The van der Waals surface area contributed by atoms with E-state index in [9.17, 15) is 9.59 Å². The van der Waals surface area contributed by atoms with Crippen molar-refractivity contribution in [1.82, 2.24) is 0 Å². The molecule has 0 unspecified atom stereocenters. The molecule has 1 aromatic rings. The van der Waals surface area contributed by atoms with Crippen molar-refractivity contribution in [3.8, 4) is 0 Å². The summed E-state index contributed by atoms with van der Waals surface area (Å²) >= 11 is 5.69. The van der Waals surface area contributed by atoms with Crippen LogP contribution in [0.3, 0.4) is 0 Å². The molecule has 0 atom stereocenters. The first-order valence-corrected chi connectivity index (χ1v) is 7.61. The van der Waals surface area contributed by atoms with E-state index >= 15 is 0 Å². The van der Waals surface area contributed by atoms with Crippen LogP contribution in [-0.2, 0) is 28.9 Å². The third kappa shape index (κ3) is 3.40. The van der Waals surface area contributed by atoms with E-state index in [0.717, 1.165) is 42.4 Å². The molecule has 1 rings (SSSR count). The van der Waals surface area contributed by atoms with Gasteiger partial charge in [0.2, 0.25) is 5.91 Å². The van der Waals surface area contributed by atoms with Crippen LogP contribution in [0.1, 0.15) is 37.5 Å². The zero-order valence-electron chi connectivity index (χ0n) is 12.4. The van der Waals surface area contributed by atoms with E-state index in [4.69, 9.17) is 11.6 Å². The minimum Gasteiger partial charge on any atom is -0.304 e. The largest absolute Gasteiger partial charge is 0.304 e. The Morgan fingerprint density at radius 2 is 1.75 bits per heavy atom. The normalized spacial score (nSPS) is 10.4. The first kappa shape index (κ1) is 16.7. The summed E-state index contributed by atoms with van der Waals surface area (Å²) in [4.78, 5) is 24.5. The van der Waals surface area contributed by atoms with Crippen LogP contribution >= 0.6 is 11.6 Å². The second-order valence-electron chi connectivity index (χ2n) is 4.58. The summed E-state index contributed by atoms with van der Waals surface area (Å²) in [7, 11) is 0. The summed E-state index contributed by atoms with van der Waals surface area (Å²) in [6.45, 7) is 6.27. The standard InChI is InChI=1S/C16H22ClNO2/c1-4-12-7-8-13(5-2)16(14(12)6-3)18(9-10-19)15(20)11-17/h7-8,10H,4-6,9,11H2,1-3H3. The lowest BCUT2D eigenvalue weighted by atomic mass is 9.95. The number of halogens is 1. The lowest BCUT2D eigenvalue weighted by molar-refractivity contribution is -0.117. The van der Waals surface area contributed by atoms with Gasteiger partial charge in [-0.25, -0.2) is 0 Å². The number of alkyl halides is 1. The van der Waals surface area contributed by atoms with E-state index in [1.807, 2.05) is 13.0 Å². The fourth-order valence-electron chi connectivity index (χ4n) is 2.54. The van der Waals surface area contributed by atoms with Crippen LogP contribution in [0, 0.1) is 0 Å². The van der Waals surface area contributed by atoms with Crippen molar-refractivity contribution in [1.29, 1.82) is 0 Å². The Balaban J connectivity index is 3.50. The second-order valence-corrected chi connectivity index (χ2v) is 4.84. The molecule has 0 aliphatic carbocycles. The van der Waals surface area contributed by atoms with Crippen molar-refractivity contribution >= 4 is 29.5 Å². The number of anilines is 1. The number of carbonyl (C=O) groups is 2. The van der Waals surface area contributed by atoms with Crippen molar-refractivity contribution in [3.63, 3.8) is 0 Å². The third-order valence-corrected chi connectivity index (χ3v) is 3.75. The number of benzene rings is 1. The van der Waals surface area contributed by atoms with Crippen molar-refractivity contribution in [3.05, 3.63) is 28.8 Å². The highest BCUT2D eigenvalue weighted by atomic mass is 35.5. The van der Waals surface area contributed by atoms with Gasteiger partial charge in [-0.3, -0.25) is 4.79 Å². The van der Waals surface area contributed by atoms with Gasteiger partial charge < -0.3 is 9.69 Å². The van der Waals surface area contributed by atoms with Crippen molar-refractivity contribution in [2.24, 2.45) is 0 Å². The Morgan fingerprint density at radius 1 is 1.15 bits per heavy atom. The van der Waals surface area contributed by atoms with Crippen LogP contribution in [0.25, 0.3) is 0 Å². The molecular formula is C16H22ClNO2. The van der Waals surface area contributed by atoms with Gasteiger partial charge in [0.25, 0.3) is 0 Å². The molecule has 3 nitrogen and oxygen atoms in total. The molecule has 0 aliphatic heterocycles. The van der Waals surface area contributed by atoms with Gasteiger partial charge in [0.1, 0.15) is 12.2 Å². The lowest BCUT2D eigenvalue weighted by Gasteiger charge is -2.26. The number of hydrogen-bond donors (Lipinski definition) is 0. The first-order valence-electron chi connectivity index (χ1n) is 7.07. The smallest absolute Gasteiger partial charge is 0.242 e. The summed E-state index contributed by atoms with van der Waals surface area (Å²) in [6, 6.07) is 4.16. The maximum absolute atomic E-state index is 12.1. The van der Waals surface area contributed by atoms with Gasteiger partial charge in [0.05, 0.1) is 12.2 Å². The van der Waals surface area contributed by atoms with Gasteiger partial charge in [0.15, 0.2) is 0 Å². The van der Waals surface area contributed by atoms with Gasteiger partial charge in [0, 0.05) is 0 Å². The number of carbonyl (C=O) groups excluding carboxylic acids is 2. The summed E-state index contributed by atoms with van der Waals surface area (Å²) in [5, 5.41) is 0. The lowest BCUT2D eigenvalue weighted by Crippen LogP contribution is -2.35. The van der Waals surface area contributed by atoms with Crippen LogP contribution in [-0.4, -0.2) is 24.6 Å². The predicted molar refractivity (Wildman–Crippen MR) is 83.7 cm³/mol. The maximum atomic E-state index is 12.1. The van der Waals surface area contributed by atoms with Gasteiger partial charge in [-0.15, -0.1) is 11.6 Å². The summed E-state index contributed by atoms with van der Waals surface area (Å²) < 4.78 is 0. The third-order valence-electron chi connectivity index (χ3n) is 3.52. The van der Waals surface area contributed by atoms with Crippen LogP contribution in [0.2, 0.25) is 0 Å². The molecule has 0 bridgehead atoms. The molecule has 0 spiro atoms. The van der Waals surface area contributed by atoms with Crippen molar-refractivity contribution in [2.75, 3.05) is 17.3 Å². The number of rotatable bonds is 7. The van der Waals surface area contributed by atoms with Crippen LogP contribution in [0.15, 0.2) is 12.1 Å². The van der Waals surface area contributed by atoms with Crippen LogP contribution in [0.4, 0.5) is 5.69 Å². The Labute approximate surface area is 125 Å². The Morgan fingerprint density at radius 3 is 2.20 bits per heavy atom. The molecule has 0 fully saturated rings. The molecule has 110 valence electrons. The average Bonchev–Trinajstić information content (AvgIpc) is 2.50. The SMILES string of the molecule is CCc1ccc(CC)c(N(CC=O)C(=O)CCl)c1CC. The number of aldehydes is 1. The highest BCUT2D eigenvalue weighted by Crippen LogP contribution is 2.30. The van der Waals surface area contributed by atoms with E-state index in [2.05, 4.69) is 19.9 Å². The number of nitrogens with zero attached hydrogens (tertiary/aromatic N) is 1. The highest BCUT2D eigenvalue weighted by molar-refractivity contribution is 6.29. The molecule has 0 saturated carbocycles. The first-order chi connectivity index (χ1) is 9.64. The van der Waals surface area contributed by atoms with Gasteiger partial charge >= 0.3 is 0 Å². The fraction of sp³-hybridized carbons (Fsp3) is 0.500. The molecule has 20 heavy (non-hydrogen) atoms. The zero-order chi connectivity index (χ0) is 15.1. The maximum Gasteiger partial charge on any atom is 0.242 e. The molecular weight excluding hydrogens is 274 g/mol. The van der Waals surface area contributed by atoms with Gasteiger partial charge in [-0.2, -0.15) is 0 Å². The number of hydrogen-bond acceptors (Lipinski definition) is 2. The van der Waals surface area contributed by atoms with E-state index in [1.54, 1.807) is 0 Å². The van der Waals surface area contributed by atoms with Gasteiger partial charge in [-0.1, -0.05) is 32.9 Å². The summed E-state index contributed by atoms with van der Waals surface area (Å²) in [6.07, 6.45) is 3.31. The molecule has 0 N–H and O–H groups in total. The van der Waals surface area contributed by atoms with E-state index in [1.165, 1.54) is 10.5 Å². The van der Waals surface area contributed by atoms with Crippen molar-refractivity contribution < 1.29 is 9.59 Å². The fourth-order valence-corrected chi connectivity index (χ4v) is 2.68. The minimum absolute atomic E-state index is 0.0543. The second kappa shape index (κ2) is 8.05. The molecule has 0 radical (unpaired) electrons. The quantitative estimate of drug-likeness (QED) is 0.572. The van der Waals surface area contributed by atoms with Crippen molar-refractivity contribution in [2.45, 2.75) is 40.0 Å². The van der Waals surface area contributed by atoms with Gasteiger partial charge in [-0.05, 0) is 36.0 Å². The Kier molecular flexibility index (Phi) is 6.73. The summed E-state index contributed by atoms with van der Waals surface area (Å²) in [5.41, 5.74) is 4.33. The van der Waals surface area contributed by atoms with Crippen LogP contribution < -0.4 is 4.90 Å². The monoisotopic (exact) mass is 295 g/mol. The Hall–Kier alpha value is -1.35. The van der Waals surface area contributed by atoms with Crippen LogP contribution in [0.5, 0.6) is 0 Å². The summed E-state index contributed by atoms with van der Waals surface area (Å²) in [5.74, 6) is -0.340. The number of amides is 1. The molecule has 0 aliphatic rings. The van der Waals surface area contributed by atoms with E-state index in [-0.39, 0.29) is 18.3 Å². The van der Waals surface area contributed by atoms with E-state index in [0.29, 0.717) is 0 Å². The van der Waals surface area contributed by atoms with E-state index < -0.39 is 0 Å². The molecule has 0 heterocycles. The molecule has 1 aromatic carbocycles. The topological polar surface area (TPSA) is 37.4 Å².